The molecule has 2 aliphatic heterocycles. The fourth-order valence-electron chi connectivity index (χ4n) is 5.07. The van der Waals surface area contributed by atoms with Gasteiger partial charge in [-0.05, 0) is 76.2 Å². The molecule has 0 aromatic carbocycles. The van der Waals surface area contributed by atoms with Crippen LogP contribution < -0.4 is 0 Å². The Hall–Kier alpha value is -1.46. The highest BCUT2D eigenvalue weighted by Gasteiger charge is 2.38. The van der Waals surface area contributed by atoms with Crippen molar-refractivity contribution in [1.82, 2.24) is 19.7 Å². The van der Waals surface area contributed by atoms with Crippen LogP contribution in [0.4, 0.5) is 0 Å². The van der Waals surface area contributed by atoms with Crippen LogP contribution in [-0.2, 0) is 11.3 Å². The lowest BCUT2D eigenvalue weighted by Gasteiger charge is -2.42. The summed E-state index contributed by atoms with van der Waals surface area (Å²) in [5.74, 6) is 0.678. The Balaban J connectivity index is 1.27. The standard InChI is InChI=1S/C23H36N4O/c1-2-12-27(22-7-8-22)23(28)20-6-4-13-26(18-20)21-9-14-25(15-10-21)17-19-5-3-11-24-16-19/h3,5,11,16,20-22H,2,4,6-10,12-15,17-18H2,1H3/t20-/m1/s1. The van der Waals surface area contributed by atoms with Gasteiger partial charge in [-0.25, -0.2) is 0 Å². The van der Waals surface area contributed by atoms with Crippen LogP contribution in [-0.4, -0.2) is 70.4 Å². The zero-order valence-electron chi connectivity index (χ0n) is 17.4. The van der Waals surface area contributed by atoms with E-state index in [-0.39, 0.29) is 5.92 Å². The van der Waals surface area contributed by atoms with E-state index in [1.54, 1.807) is 0 Å². The number of amides is 1. The molecule has 2 saturated heterocycles. The van der Waals surface area contributed by atoms with Crippen LogP contribution in [0.2, 0.25) is 0 Å². The monoisotopic (exact) mass is 384 g/mol. The van der Waals surface area contributed by atoms with Crippen molar-refractivity contribution in [1.29, 1.82) is 0 Å². The van der Waals surface area contributed by atoms with Gasteiger partial charge >= 0.3 is 0 Å². The second-order valence-corrected chi connectivity index (χ2v) is 8.97. The van der Waals surface area contributed by atoms with E-state index in [0.717, 1.165) is 45.6 Å². The summed E-state index contributed by atoms with van der Waals surface area (Å²) in [6.07, 6.45) is 12.1. The van der Waals surface area contributed by atoms with Crippen molar-refractivity contribution >= 4 is 5.91 Å². The number of rotatable bonds is 7. The third-order valence-electron chi connectivity index (χ3n) is 6.74. The number of piperidine rings is 2. The fraction of sp³-hybridized carbons (Fsp3) is 0.739. The van der Waals surface area contributed by atoms with Crippen LogP contribution in [0.25, 0.3) is 0 Å². The normalized spacial score (nSPS) is 25.0. The molecule has 154 valence electrons. The van der Waals surface area contributed by atoms with Gasteiger partial charge in [0.15, 0.2) is 0 Å². The molecule has 0 unspecified atom stereocenters. The van der Waals surface area contributed by atoms with Gasteiger partial charge in [0.1, 0.15) is 0 Å². The summed E-state index contributed by atoms with van der Waals surface area (Å²) >= 11 is 0. The molecule has 1 atom stereocenters. The molecule has 1 saturated carbocycles. The van der Waals surface area contributed by atoms with Crippen LogP contribution >= 0.6 is 0 Å². The van der Waals surface area contributed by atoms with E-state index in [0.29, 0.717) is 18.0 Å². The van der Waals surface area contributed by atoms with Crippen molar-refractivity contribution in [2.45, 2.75) is 70.5 Å². The quantitative estimate of drug-likeness (QED) is 0.724. The summed E-state index contributed by atoms with van der Waals surface area (Å²) < 4.78 is 0. The van der Waals surface area contributed by atoms with Crippen LogP contribution in [0.1, 0.15) is 57.4 Å². The van der Waals surface area contributed by atoms with Gasteiger partial charge in [0, 0.05) is 44.1 Å². The van der Waals surface area contributed by atoms with Gasteiger partial charge in [0.2, 0.25) is 5.91 Å². The first-order valence-electron chi connectivity index (χ1n) is 11.4. The average molecular weight is 385 g/mol. The van der Waals surface area contributed by atoms with Gasteiger partial charge in [-0.15, -0.1) is 0 Å². The first-order valence-corrected chi connectivity index (χ1v) is 11.4. The summed E-state index contributed by atoms with van der Waals surface area (Å²) in [6.45, 7) is 8.61. The predicted molar refractivity (Wildman–Crippen MR) is 112 cm³/mol. The van der Waals surface area contributed by atoms with Crippen LogP contribution in [0, 0.1) is 5.92 Å². The van der Waals surface area contributed by atoms with Gasteiger partial charge in [0.25, 0.3) is 0 Å². The third kappa shape index (κ3) is 4.93. The molecule has 0 N–H and O–H groups in total. The molecule has 3 aliphatic rings. The first-order chi connectivity index (χ1) is 13.7. The Bertz CT molecular complexity index is 625. The lowest BCUT2D eigenvalue weighted by atomic mass is 9.92. The van der Waals surface area contributed by atoms with Gasteiger partial charge in [0.05, 0.1) is 5.92 Å². The zero-order valence-corrected chi connectivity index (χ0v) is 17.4. The van der Waals surface area contributed by atoms with Crippen molar-refractivity contribution in [2.24, 2.45) is 5.92 Å². The van der Waals surface area contributed by atoms with E-state index in [4.69, 9.17) is 0 Å². The van der Waals surface area contributed by atoms with Gasteiger partial charge in [-0.1, -0.05) is 13.0 Å². The van der Waals surface area contributed by atoms with Crippen LogP contribution in [0.3, 0.4) is 0 Å². The Kier molecular flexibility index (Phi) is 6.63. The molecular formula is C23H36N4O. The van der Waals surface area contributed by atoms with E-state index in [1.165, 1.54) is 44.2 Å². The maximum Gasteiger partial charge on any atom is 0.227 e. The number of hydrogen-bond donors (Lipinski definition) is 0. The molecule has 28 heavy (non-hydrogen) atoms. The molecule has 0 radical (unpaired) electrons. The summed E-state index contributed by atoms with van der Waals surface area (Å²) in [7, 11) is 0. The number of aromatic nitrogens is 1. The fourth-order valence-corrected chi connectivity index (χ4v) is 5.07. The topological polar surface area (TPSA) is 39.7 Å². The minimum absolute atomic E-state index is 0.231. The summed E-state index contributed by atoms with van der Waals surface area (Å²) in [5.41, 5.74) is 1.31. The second-order valence-electron chi connectivity index (χ2n) is 8.97. The lowest BCUT2D eigenvalue weighted by molar-refractivity contribution is -0.138. The molecule has 3 heterocycles. The minimum atomic E-state index is 0.231. The van der Waals surface area contributed by atoms with E-state index in [2.05, 4.69) is 32.7 Å². The van der Waals surface area contributed by atoms with Crippen molar-refractivity contribution in [3.8, 4) is 0 Å². The van der Waals surface area contributed by atoms with Crippen LogP contribution in [0.15, 0.2) is 24.5 Å². The molecule has 1 aliphatic carbocycles. The smallest absolute Gasteiger partial charge is 0.227 e. The lowest BCUT2D eigenvalue weighted by Crippen LogP contribution is -2.51. The van der Waals surface area contributed by atoms with Crippen molar-refractivity contribution in [3.05, 3.63) is 30.1 Å². The number of likely N-dealkylation sites (tertiary alicyclic amines) is 2. The Morgan fingerprint density at radius 1 is 1.18 bits per heavy atom. The molecule has 5 heteroatoms. The van der Waals surface area contributed by atoms with Crippen molar-refractivity contribution < 1.29 is 4.79 Å². The molecule has 1 aromatic heterocycles. The molecule has 5 nitrogen and oxygen atoms in total. The molecular weight excluding hydrogens is 348 g/mol. The number of carbonyl (C=O) groups excluding carboxylic acids is 1. The largest absolute Gasteiger partial charge is 0.339 e. The molecule has 1 amide bonds. The van der Waals surface area contributed by atoms with Crippen molar-refractivity contribution in [3.63, 3.8) is 0 Å². The van der Waals surface area contributed by atoms with E-state index < -0.39 is 0 Å². The maximum atomic E-state index is 13.1. The van der Waals surface area contributed by atoms with Crippen LogP contribution in [0.5, 0.6) is 0 Å². The number of carbonyl (C=O) groups is 1. The molecule has 4 rings (SSSR count). The third-order valence-corrected chi connectivity index (χ3v) is 6.74. The second kappa shape index (κ2) is 9.36. The predicted octanol–water partition coefficient (Wildman–Crippen LogP) is 3.16. The Labute approximate surface area is 170 Å². The van der Waals surface area contributed by atoms with Crippen molar-refractivity contribution in [2.75, 3.05) is 32.7 Å². The highest BCUT2D eigenvalue weighted by atomic mass is 16.2. The SMILES string of the molecule is CCCN(C(=O)[C@@H]1CCCN(C2CCN(Cc3cccnc3)CC2)C1)C1CC1. The average Bonchev–Trinajstić information content (AvgIpc) is 3.58. The summed E-state index contributed by atoms with van der Waals surface area (Å²) in [4.78, 5) is 24.8. The highest BCUT2D eigenvalue weighted by Crippen LogP contribution is 2.31. The number of hydrogen-bond acceptors (Lipinski definition) is 4. The van der Waals surface area contributed by atoms with E-state index in [9.17, 15) is 4.79 Å². The number of nitrogens with zero attached hydrogens (tertiary/aromatic N) is 4. The van der Waals surface area contributed by atoms with E-state index >= 15 is 0 Å². The molecule has 3 fully saturated rings. The Morgan fingerprint density at radius 3 is 2.68 bits per heavy atom. The summed E-state index contributed by atoms with van der Waals surface area (Å²) in [6, 6.07) is 5.40. The summed E-state index contributed by atoms with van der Waals surface area (Å²) in [5, 5.41) is 0. The molecule has 0 spiro atoms. The van der Waals surface area contributed by atoms with Gasteiger partial charge < -0.3 is 4.90 Å². The first kappa shape index (κ1) is 19.8. The van der Waals surface area contributed by atoms with Gasteiger partial charge in [-0.3, -0.25) is 19.6 Å². The molecule has 0 bridgehead atoms. The minimum Gasteiger partial charge on any atom is -0.339 e. The highest BCUT2D eigenvalue weighted by molar-refractivity contribution is 5.79. The number of pyridine rings is 1. The van der Waals surface area contributed by atoms with Gasteiger partial charge in [-0.2, -0.15) is 0 Å². The van der Waals surface area contributed by atoms with E-state index in [1.807, 2.05) is 18.5 Å². The molecule has 1 aromatic rings. The zero-order chi connectivity index (χ0) is 19.3. The Morgan fingerprint density at radius 2 is 2.00 bits per heavy atom. The maximum absolute atomic E-state index is 13.1.